The minimum Gasteiger partial charge on any atom is -0.455 e. The molecule has 0 aliphatic carbocycles. The van der Waals surface area contributed by atoms with Crippen molar-refractivity contribution in [3.8, 4) is 5.75 Å². The second kappa shape index (κ2) is 9.55. The molecular weight excluding hydrogens is 425 g/mol. The minimum absolute atomic E-state index is 0.0973. The zero-order valence-electron chi connectivity index (χ0n) is 14.4. The van der Waals surface area contributed by atoms with Crippen LogP contribution < -0.4 is 10.1 Å². The molecule has 1 amide bonds. The van der Waals surface area contributed by atoms with Gasteiger partial charge in [0, 0.05) is 5.02 Å². The molecule has 0 saturated carbocycles. The summed E-state index contributed by atoms with van der Waals surface area (Å²) in [6.07, 6.45) is -5.03. The van der Waals surface area contributed by atoms with Crippen LogP contribution in [0.5, 0.6) is 5.75 Å². The van der Waals surface area contributed by atoms with Crippen LogP contribution >= 0.6 is 11.6 Å². The van der Waals surface area contributed by atoms with E-state index in [4.69, 9.17) is 16.3 Å². The van der Waals surface area contributed by atoms with Crippen molar-refractivity contribution in [2.24, 2.45) is 0 Å². The van der Waals surface area contributed by atoms with Gasteiger partial charge in [0.05, 0.1) is 17.7 Å². The van der Waals surface area contributed by atoms with Crippen molar-refractivity contribution < 1.29 is 41.0 Å². The van der Waals surface area contributed by atoms with Crippen LogP contribution in [0.1, 0.15) is 11.1 Å². The van der Waals surface area contributed by atoms with E-state index in [1.165, 1.54) is 30.3 Å². The zero-order chi connectivity index (χ0) is 21.6. The topological polar surface area (TPSA) is 64.6 Å². The molecule has 0 aliphatic heterocycles. The fourth-order valence-corrected chi connectivity index (χ4v) is 2.37. The summed E-state index contributed by atoms with van der Waals surface area (Å²) < 4.78 is 72.0. The van der Waals surface area contributed by atoms with Gasteiger partial charge in [-0.05, 0) is 35.9 Å². The van der Waals surface area contributed by atoms with Gasteiger partial charge in [-0.2, -0.15) is 22.0 Å². The Bertz CT molecular complexity index is 872. The summed E-state index contributed by atoms with van der Waals surface area (Å²) in [6, 6.07) is 7.95. The first-order valence-corrected chi connectivity index (χ1v) is 8.28. The molecule has 156 valence electrons. The van der Waals surface area contributed by atoms with Gasteiger partial charge < -0.3 is 14.8 Å². The van der Waals surface area contributed by atoms with Gasteiger partial charge in [-0.25, -0.2) is 0 Å². The van der Waals surface area contributed by atoms with Crippen molar-refractivity contribution in [1.29, 1.82) is 0 Å². The molecule has 0 saturated heterocycles. The number of alkyl halides is 5. The summed E-state index contributed by atoms with van der Waals surface area (Å²) in [5.74, 6) is -1.92. The van der Waals surface area contributed by atoms with Gasteiger partial charge in [-0.1, -0.05) is 23.7 Å². The predicted molar refractivity (Wildman–Crippen MR) is 92.8 cm³/mol. The van der Waals surface area contributed by atoms with Gasteiger partial charge in [-0.3, -0.25) is 9.59 Å². The van der Waals surface area contributed by atoms with Crippen molar-refractivity contribution in [2.75, 3.05) is 11.9 Å². The summed E-state index contributed by atoms with van der Waals surface area (Å²) in [7, 11) is 0. The summed E-state index contributed by atoms with van der Waals surface area (Å²) >= 11 is 5.55. The maximum Gasteiger partial charge on any atom is 0.418 e. The van der Waals surface area contributed by atoms with E-state index >= 15 is 0 Å². The molecule has 29 heavy (non-hydrogen) atoms. The molecule has 2 aromatic carbocycles. The lowest BCUT2D eigenvalue weighted by atomic mass is 10.1. The van der Waals surface area contributed by atoms with E-state index in [0.29, 0.717) is 11.6 Å². The molecule has 2 aromatic rings. The molecule has 0 bridgehead atoms. The Kier molecular flexibility index (Phi) is 7.38. The highest BCUT2D eigenvalue weighted by molar-refractivity contribution is 6.30. The van der Waals surface area contributed by atoms with E-state index in [0.717, 1.165) is 6.07 Å². The van der Waals surface area contributed by atoms with Crippen LogP contribution in [0, 0.1) is 0 Å². The third-order valence-electron chi connectivity index (χ3n) is 3.42. The Morgan fingerprint density at radius 2 is 1.72 bits per heavy atom. The van der Waals surface area contributed by atoms with E-state index in [2.05, 4.69) is 4.74 Å². The number of amides is 1. The van der Waals surface area contributed by atoms with Gasteiger partial charge in [0.15, 0.2) is 6.61 Å². The summed E-state index contributed by atoms with van der Waals surface area (Å²) in [5.41, 5.74) is -1.28. The number of rotatable bonds is 7. The van der Waals surface area contributed by atoms with Crippen LogP contribution in [0.15, 0.2) is 42.5 Å². The van der Waals surface area contributed by atoms with Crippen molar-refractivity contribution in [2.45, 2.75) is 19.2 Å². The number of nitrogens with one attached hydrogen (secondary N) is 1. The maximum absolute atomic E-state index is 13.0. The Morgan fingerprint density at radius 3 is 2.31 bits per heavy atom. The van der Waals surface area contributed by atoms with Crippen LogP contribution in [-0.2, 0) is 26.9 Å². The van der Waals surface area contributed by atoms with Gasteiger partial charge in [0.25, 0.3) is 5.91 Å². The number of halogens is 6. The smallest absolute Gasteiger partial charge is 0.418 e. The van der Waals surface area contributed by atoms with Crippen LogP contribution in [0.4, 0.5) is 27.6 Å². The van der Waals surface area contributed by atoms with E-state index < -0.39 is 42.5 Å². The molecule has 0 fully saturated rings. The molecule has 1 N–H and O–H groups in total. The molecule has 0 heterocycles. The third-order valence-corrected chi connectivity index (χ3v) is 3.66. The molecule has 0 radical (unpaired) electrons. The summed E-state index contributed by atoms with van der Waals surface area (Å²) in [6.45, 7) is -3.80. The highest BCUT2D eigenvalue weighted by atomic mass is 35.5. The van der Waals surface area contributed by atoms with Crippen molar-refractivity contribution in [3.05, 3.63) is 58.6 Å². The molecular formula is C18H13ClF5NO4. The molecule has 2 rings (SSSR count). The maximum atomic E-state index is 13.0. The lowest BCUT2D eigenvalue weighted by Crippen LogP contribution is -2.23. The fourth-order valence-electron chi connectivity index (χ4n) is 2.20. The number of esters is 1. The second-order valence-corrected chi connectivity index (χ2v) is 6.03. The number of hydrogen-bond acceptors (Lipinski definition) is 4. The number of hydrogen-bond donors (Lipinski definition) is 1. The van der Waals surface area contributed by atoms with Crippen LogP contribution in [0.2, 0.25) is 5.02 Å². The van der Waals surface area contributed by atoms with Gasteiger partial charge in [0.1, 0.15) is 5.75 Å². The highest BCUT2D eigenvalue weighted by Crippen LogP contribution is 2.36. The second-order valence-electron chi connectivity index (χ2n) is 5.60. The predicted octanol–water partition coefficient (Wildman–Crippen LogP) is 4.68. The van der Waals surface area contributed by atoms with Crippen LogP contribution in [-0.4, -0.2) is 25.1 Å². The van der Waals surface area contributed by atoms with Gasteiger partial charge in [-0.15, -0.1) is 0 Å². The Balaban J connectivity index is 1.89. The zero-order valence-corrected chi connectivity index (χ0v) is 15.2. The Labute approximate surface area is 166 Å². The van der Waals surface area contributed by atoms with Crippen molar-refractivity contribution in [3.63, 3.8) is 0 Å². The van der Waals surface area contributed by atoms with Crippen molar-refractivity contribution >= 4 is 29.2 Å². The first-order valence-electron chi connectivity index (χ1n) is 7.90. The Morgan fingerprint density at radius 1 is 1.07 bits per heavy atom. The van der Waals surface area contributed by atoms with Crippen molar-refractivity contribution in [1.82, 2.24) is 0 Å². The molecule has 0 unspecified atom stereocenters. The van der Waals surface area contributed by atoms with Crippen LogP contribution in [0.25, 0.3) is 0 Å². The number of benzene rings is 2. The first kappa shape index (κ1) is 22.4. The number of anilines is 1. The molecule has 0 spiro atoms. The van der Waals surface area contributed by atoms with Crippen LogP contribution in [0.3, 0.4) is 0 Å². The average molecular weight is 438 g/mol. The number of carbonyl (C=O) groups is 2. The van der Waals surface area contributed by atoms with E-state index in [9.17, 15) is 31.5 Å². The average Bonchev–Trinajstić information content (AvgIpc) is 2.62. The summed E-state index contributed by atoms with van der Waals surface area (Å²) in [5, 5.41) is 1.85. The molecule has 0 atom stereocenters. The lowest BCUT2D eigenvalue weighted by Gasteiger charge is -2.14. The van der Waals surface area contributed by atoms with E-state index in [-0.39, 0.29) is 17.2 Å². The number of ether oxygens (including phenoxy) is 2. The number of carbonyl (C=O) groups excluding carboxylic acids is 2. The third kappa shape index (κ3) is 7.22. The fraction of sp³-hybridized carbons (Fsp3) is 0.222. The standard InChI is InChI=1S/C18H13ClF5NO4/c19-11-3-6-14(13(8-11)18(22,23)24)25-15(26)9-28-16(27)7-10-1-4-12(5-2-10)29-17(20)21/h1-6,8,17H,7,9H2,(H,25,26). The largest absolute Gasteiger partial charge is 0.455 e. The molecule has 5 nitrogen and oxygen atoms in total. The first-order chi connectivity index (χ1) is 13.5. The quantitative estimate of drug-likeness (QED) is 0.504. The van der Waals surface area contributed by atoms with E-state index in [1.807, 2.05) is 5.32 Å². The monoisotopic (exact) mass is 437 g/mol. The Hall–Kier alpha value is -2.88. The lowest BCUT2D eigenvalue weighted by molar-refractivity contribution is -0.146. The summed E-state index contributed by atoms with van der Waals surface area (Å²) in [4.78, 5) is 23.6. The van der Waals surface area contributed by atoms with E-state index in [1.54, 1.807) is 0 Å². The van der Waals surface area contributed by atoms with Gasteiger partial charge >= 0.3 is 18.8 Å². The normalized spacial score (nSPS) is 11.3. The molecule has 0 aromatic heterocycles. The minimum atomic E-state index is -4.75. The molecule has 11 heteroatoms. The molecule has 0 aliphatic rings. The van der Waals surface area contributed by atoms with Gasteiger partial charge in [0.2, 0.25) is 0 Å². The highest BCUT2D eigenvalue weighted by Gasteiger charge is 2.34. The SMILES string of the molecule is O=C(COC(=O)Cc1ccc(OC(F)F)cc1)Nc1ccc(Cl)cc1C(F)(F)F.